The molecule has 0 spiro atoms. The molecule has 0 atom stereocenters. The Labute approximate surface area is 134 Å². The average molecular weight is 331 g/mol. The number of carbonyl (C=O) groups excluding carboxylic acids is 1. The average Bonchev–Trinajstić information content (AvgIpc) is 2.54. The monoisotopic (exact) mass is 330 g/mol. The van der Waals surface area contributed by atoms with Gasteiger partial charge in [-0.15, -0.1) is 0 Å². The van der Waals surface area contributed by atoms with Gasteiger partial charge in [0.15, 0.2) is 0 Å². The maximum atomic E-state index is 13.5. The highest BCUT2D eigenvalue weighted by atomic mass is 35.5. The lowest BCUT2D eigenvalue weighted by atomic mass is 10.2. The van der Waals surface area contributed by atoms with Gasteiger partial charge in [-0.05, 0) is 12.1 Å². The van der Waals surface area contributed by atoms with Crippen LogP contribution in [0.4, 0.5) is 4.39 Å². The number of aliphatic hydroxyl groups is 1. The SMILES string of the molecule is O=C(c1cccc(F)c1Cl)N(CCO)CCN1CCOCC1. The molecule has 122 valence electrons. The molecule has 22 heavy (non-hydrogen) atoms. The van der Waals surface area contributed by atoms with Gasteiger partial charge in [0.1, 0.15) is 5.82 Å². The molecule has 2 rings (SSSR count). The van der Waals surface area contributed by atoms with Gasteiger partial charge in [-0.1, -0.05) is 17.7 Å². The molecule has 5 nitrogen and oxygen atoms in total. The zero-order chi connectivity index (χ0) is 15.9. The Bertz CT molecular complexity index is 510. The van der Waals surface area contributed by atoms with E-state index in [2.05, 4.69) is 4.90 Å². The van der Waals surface area contributed by atoms with Crippen molar-refractivity contribution in [3.63, 3.8) is 0 Å². The molecule has 7 heteroatoms. The van der Waals surface area contributed by atoms with Crippen LogP contribution in [-0.2, 0) is 4.74 Å². The van der Waals surface area contributed by atoms with Crippen LogP contribution < -0.4 is 0 Å². The standard InChI is InChI=1S/C15H20ClFN2O3/c16-14-12(2-1-3-13(14)17)15(21)19(6-9-20)5-4-18-7-10-22-11-8-18/h1-3,20H,4-11H2. The van der Waals surface area contributed by atoms with Crippen molar-refractivity contribution in [2.75, 3.05) is 52.5 Å². The summed E-state index contributed by atoms with van der Waals surface area (Å²) in [5.41, 5.74) is 0.122. The van der Waals surface area contributed by atoms with Gasteiger partial charge >= 0.3 is 0 Å². The molecule has 1 fully saturated rings. The molecular formula is C15H20ClFN2O3. The van der Waals surface area contributed by atoms with Gasteiger partial charge in [0.05, 0.1) is 30.4 Å². The number of halogens is 2. The fourth-order valence-corrected chi connectivity index (χ4v) is 2.57. The van der Waals surface area contributed by atoms with Crippen LogP contribution in [0, 0.1) is 5.82 Å². The Kier molecular flexibility index (Phi) is 6.57. The third-order valence-corrected chi connectivity index (χ3v) is 4.01. The quantitative estimate of drug-likeness (QED) is 0.853. The molecule has 0 saturated carbocycles. The van der Waals surface area contributed by atoms with Crippen LogP contribution in [0.2, 0.25) is 5.02 Å². The fourth-order valence-electron chi connectivity index (χ4n) is 2.36. The van der Waals surface area contributed by atoms with Crippen molar-refractivity contribution < 1.29 is 19.0 Å². The van der Waals surface area contributed by atoms with Gasteiger partial charge < -0.3 is 14.7 Å². The third-order valence-electron chi connectivity index (χ3n) is 3.63. The van der Waals surface area contributed by atoms with Crippen LogP contribution in [0.15, 0.2) is 18.2 Å². The van der Waals surface area contributed by atoms with E-state index in [1.54, 1.807) is 0 Å². The first-order chi connectivity index (χ1) is 10.6. The number of hydrogen-bond donors (Lipinski definition) is 1. The van der Waals surface area contributed by atoms with Crippen LogP contribution in [0.3, 0.4) is 0 Å². The van der Waals surface area contributed by atoms with E-state index in [1.807, 2.05) is 0 Å². The minimum Gasteiger partial charge on any atom is -0.395 e. The van der Waals surface area contributed by atoms with Gasteiger partial charge in [-0.3, -0.25) is 9.69 Å². The van der Waals surface area contributed by atoms with Crippen LogP contribution in [-0.4, -0.2) is 73.4 Å². The summed E-state index contributed by atoms with van der Waals surface area (Å²) in [6.07, 6.45) is 0. The van der Waals surface area contributed by atoms with E-state index >= 15 is 0 Å². The third kappa shape index (κ3) is 4.39. The second kappa shape index (κ2) is 8.43. The van der Waals surface area contributed by atoms with E-state index in [-0.39, 0.29) is 29.6 Å². The Morgan fingerprint density at radius 2 is 2.09 bits per heavy atom. The molecule has 0 unspecified atom stereocenters. The largest absolute Gasteiger partial charge is 0.395 e. The van der Waals surface area contributed by atoms with Gasteiger partial charge in [-0.2, -0.15) is 0 Å². The van der Waals surface area contributed by atoms with Crippen LogP contribution in [0.1, 0.15) is 10.4 Å². The molecule has 1 aliphatic rings. The van der Waals surface area contributed by atoms with Gasteiger partial charge in [0.2, 0.25) is 0 Å². The molecule has 1 heterocycles. The number of rotatable bonds is 6. The molecule has 0 radical (unpaired) electrons. The molecule has 0 aliphatic carbocycles. The lowest BCUT2D eigenvalue weighted by Gasteiger charge is -2.30. The molecule has 1 aromatic carbocycles. The highest BCUT2D eigenvalue weighted by Gasteiger charge is 2.21. The molecule has 1 saturated heterocycles. The lowest BCUT2D eigenvalue weighted by Crippen LogP contribution is -2.44. The van der Waals surface area contributed by atoms with Gasteiger partial charge in [0, 0.05) is 32.7 Å². The van der Waals surface area contributed by atoms with Crippen LogP contribution >= 0.6 is 11.6 Å². The molecule has 1 amide bonds. The number of carbonyl (C=O) groups is 1. The zero-order valence-electron chi connectivity index (χ0n) is 12.3. The lowest BCUT2D eigenvalue weighted by molar-refractivity contribution is 0.0315. The Morgan fingerprint density at radius 1 is 1.36 bits per heavy atom. The minimum atomic E-state index is -0.621. The van der Waals surface area contributed by atoms with Crippen molar-refractivity contribution in [3.05, 3.63) is 34.6 Å². The van der Waals surface area contributed by atoms with Crippen molar-refractivity contribution in [1.82, 2.24) is 9.80 Å². The van der Waals surface area contributed by atoms with E-state index in [0.29, 0.717) is 26.3 Å². The predicted molar refractivity (Wildman–Crippen MR) is 81.7 cm³/mol. The summed E-state index contributed by atoms with van der Waals surface area (Å²) in [7, 11) is 0. The number of amides is 1. The van der Waals surface area contributed by atoms with Crippen molar-refractivity contribution in [2.45, 2.75) is 0 Å². The minimum absolute atomic E-state index is 0.122. The van der Waals surface area contributed by atoms with E-state index in [0.717, 1.165) is 13.1 Å². The Morgan fingerprint density at radius 3 is 2.77 bits per heavy atom. The van der Waals surface area contributed by atoms with Gasteiger partial charge in [-0.25, -0.2) is 4.39 Å². The summed E-state index contributed by atoms with van der Waals surface area (Å²) in [4.78, 5) is 16.2. The highest BCUT2D eigenvalue weighted by Crippen LogP contribution is 2.21. The zero-order valence-corrected chi connectivity index (χ0v) is 13.1. The Balaban J connectivity index is 2.02. The number of morpholine rings is 1. The number of nitrogens with zero attached hydrogens (tertiary/aromatic N) is 2. The van der Waals surface area contributed by atoms with E-state index in [9.17, 15) is 9.18 Å². The van der Waals surface area contributed by atoms with Crippen LogP contribution in [0.5, 0.6) is 0 Å². The maximum Gasteiger partial charge on any atom is 0.255 e. The smallest absolute Gasteiger partial charge is 0.255 e. The molecular weight excluding hydrogens is 311 g/mol. The molecule has 0 bridgehead atoms. The van der Waals surface area contributed by atoms with Crippen molar-refractivity contribution in [2.24, 2.45) is 0 Å². The molecule has 1 N–H and O–H groups in total. The second-order valence-electron chi connectivity index (χ2n) is 5.07. The number of aliphatic hydroxyl groups excluding tert-OH is 1. The number of ether oxygens (including phenoxy) is 1. The maximum absolute atomic E-state index is 13.5. The normalized spacial score (nSPS) is 15.8. The Hall–Kier alpha value is -1.21. The first kappa shape index (κ1) is 17.1. The molecule has 1 aromatic rings. The molecule has 0 aromatic heterocycles. The summed E-state index contributed by atoms with van der Waals surface area (Å²) in [6, 6.07) is 4.16. The summed E-state index contributed by atoms with van der Waals surface area (Å²) in [6.45, 7) is 4.18. The number of hydrogen-bond acceptors (Lipinski definition) is 4. The summed E-state index contributed by atoms with van der Waals surface area (Å²) in [5, 5.41) is 8.98. The van der Waals surface area contributed by atoms with E-state index in [1.165, 1.54) is 23.1 Å². The number of benzene rings is 1. The fraction of sp³-hybridized carbons (Fsp3) is 0.533. The first-order valence-electron chi connectivity index (χ1n) is 7.27. The summed E-state index contributed by atoms with van der Waals surface area (Å²) < 4.78 is 18.8. The van der Waals surface area contributed by atoms with Crippen molar-refractivity contribution >= 4 is 17.5 Å². The van der Waals surface area contributed by atoms with Crippen molar-refractivity contribution in [3.8, 4) is 0 Å². The second-order valence-corrected chi connectivity index (χ2v) is 5.45. The van der Waals surface area contributed by atoms with Gasteiger partial charge in [0.25, 0.3) is 5.91 Å². The van der Waals surface area contributed by atoms with E-state index in [4.69, 9.17) is 21.4 Å². The summed E-state index contributed by atoms with van der Waals surface area (Å²) in [5.74, 6) is -0.989. The summed E-state index contributed by atoms with van der Waals surface area (Å²) >= 11 is 5.87. The first-order valence-corrected chi connectivity index (χ1v) is 7.65. The topological polar surface area (TPSA) is 53.0 Å². The van der Waals surface area contributed by atoms with Crippen molar-refractivity contribution in [1.29, 1.82) is 0 Å². The molecule has 1 aliphatic heterocycles. The van der Waals surface area contributed by atoms with Crippen LogP contribution in [0.25, 0.3) is 0 Å². The van der Waals surface area contributed by atoms with E-state index < -0.39 is 5.82 Å². The predicted octanol–water partition coefficient (Wildman–Crippen LogP) is 1.25. The highest BCUT2D eigenvalue weighted by molar-refractivity contribution is 6.34.